The SMILES string of the molecule is Cc1cc(NC(=O)N(C)[C@@H]2CCCc3c2cnn3C)ccc1[N+](=O)[O-]. The number of fused-ring (bicyclic) bond motifs is 1. The zero-order valence-electron chi connectivity index (χ0n) is 14.5. The zero-order chi connectivity index (χ0) is 18.1. The number of carbonyl (C=O) groups excluding carboxylic acids is 1. The number of aryl methyl sites for hydroxylation is 2. The molecule has 2 amide bonds. The summed E-state index contributed by atoms with van der Waals surface area (Å²) in [5.74, 6) is 0. The largest absolute Gasteiger partial charge is 0.322 e. The van der Waals surface area contributed by atoms with Gasteiger partial charge in [-0.05, 0) is 38.3 Å². The van der Waals surface area contributed by atoms with Crippen molar-refractivity contribution < 1.29 is 9.72 Å². The molecule has 1 N–H and O–H groups in total. The first-order chi connectivity index (χ1) is 11.9. The number of amides is 2. The van der Waals surface area contributed by atoms with Gasteiger partial charge in [0.2, 0.25) is 0 Å². The third-order valence-corrected chi connectivity index (χ3v) is 4.78. The van der Waals surface area contributed by atoms with Crippen molar-refractivity contribution in [2.75, 3.05) is 12.4 Å². The number of benzene rings is 1. The van der Waals surface area contributed by atoms with E-state index in [1.54, 1.807) is 31.0 Å². The highest BCUT2D eigenvalue weighted by atomic mass is 16.6. The Morgan fingerprint density at radius 2 is 2.24 bits per heavy atom. The van der Waals surface area contributed by atoms with Crippen LogP contribution in [0.4, 0.5) is 16.2 Å². The van der Waals surface area contributed by atoms with E-state index in [4.69, 9.17) is 0 Å². The second-order valence-corrected chi connectivity index (χ2v) is 6.38. The predicted molar refractivity (Wildman–Crippen MR) is 93.5 cm³/mol. The van der Waals surface area contributed by atoms with Gasteiger partial charge in [-0.25, -0.2) is 4.79 Å². The van der Waals surface area contributed by atoms with Crippen LogP contribution in [-0.4, -0.2) is 32.7 Å². The second kappa shape index (κ2) is 6.54. The van der Waals surface area contributed by atoms with Gasteiger partial charge in [0.25, 0.3) is 5.69 Å². The van der Waals surface area contributed by atoms with Crippen molar-refractivity contribution in [2.45, 2.75) is 32.2 Å². The summed E-state index contributed by atoms with van der Waals surface area (Å²) in [4.78, 5) is 24.7. The number of rotatable bonds is 3. The lowest BCUT2D eigenvalue weighted by atomic mass is 9.92. The number of nitro groups is 1. The lowest BCUT2D eigenvalue weighted by molar-refractivity contribution is -0.385. The van der Waals surface area contributed by atoms with E-state index in [2.05, 4.69) is 10.4 Å². The van der Waals surface area contributed by atoms with E-state index in [9.17, 15) is 14.9 Å². The molecule has 0 saturated heterocycles. The van der Waals surface area contributed by atoms with Gasteiger partial charge in [0.15, 0.2) is 0 Å². The first kappa shape index (κ1) is 16.9. The summed E-state index contributed by atoms with van der Waals surface area (Å²) in [5, 5.41) is 18.0. The number of hydrogen-bond acceptors (Lipinski definition) is 4. The molecule has 8 nitrogen and oxygen atoms in total. The van der Waals surface area contributed by atoms with E-state index in [0.29, 0.717) is 11.3 Å². The van der Waals surface area contributed by atoms with Crippen LogP contribution in [0.5, 0.6) is 0 Å². The number of urea groups is 1. The quantitative estimate of drug-likeness (QED) is 0.684. The lowest BCUT2D eigenvalue weighted by Gasteiger charge is -2.31. The van der Waals surface area contributed by atoms with E-state index >= 15 is 0 Å². The summed E-state index contributed by atoms with van der Waals surface area (Å²) in [6.07, 6.45) is 4.70. The maximum absolute atomic E-state index is 12.6. The fraction of sp³-hybridized carbons (Fsp3) is 0.412. The number of nitrogens with one attached hydrogen (secondary N) is 1. The van der Waals surface area contributed by atoms with E-state index < -0.39 is 4.92 Å². The topological polar surface area (TPSA) is 93.3 Å². The number of carbonyl (C=O) groups is 1. The van der Waals surface area contributed by atoms with Crippen molar-refractivity contribution in [3.05, 3.63) is 51.3 Å². The number of nitro benzene ring substituents is 1. The maximum Gasteiger partial charge on any atom is 0.322 e. The van der Waals surface area contributed by atoms with Gasteiger partial charge < -0.3 is 10.2 Å². The summed E-state index contributed by atoms with van der Waals surface area (Å²) in [6, 6.07) is 4.31. The molecule has 0 spiro atoms. The zero-order valence-corrected chi connectivity index (χ0v) is 14.5. The molecule has 1 aromatic heterocycles. The molecule has 2 aromatic rings. The average Bonchev–Trinajstić information content (AvgIpc) is 2.95. The Kier molecular flexibility index (Phi) is 4.43. The van der Waals surface area contributed by atoms with Crippen molar-refractivity contribution in [2.24, 2.45) is 7.05 Å². The Balaban J connectivity index is 1.76. The summed E-state index contributed by atoms with van der Waals surface area (Å²) in [7, 11) is 3.68. The van der Waals surface area contributed by atoms with Crippen LogP contribution in [0.3, 0.4) is 0 Å². The summed E-state index contributed by atoms with van der Waals surface area (Å²) in [5.41, 5.74) is 3.35. The molecule has 0 unspecified atom stereocenters. The third kappa shape index (κ3) is 3.19. The minimum atomic E-state index is -0.432. The highest BCUT2D eigenvalue weighted by molar-refractivity contribution is 5.89. The molecular formula is C17H21N5O3. The van der Waals surface area contributed by atoms with Crippen molar-refractivity contribution in [3.63, 3.8) is 0 Å². The Morgan fingerprint density at radius 3 is 2.92 bits per heavy atom. The standard InChI is InChI=1S/C17H21N5O3/c1-11-9-12(7-8-14(11)22(24)25)19-17(23)20(2)15-5-4-6-16-13(15)10-18-21(16)3/h7-10,15H,4-6H2,1-3H3,(H,19,23)/t15-/m1/s1. The molecule has 1 aromatic carbocycles. The Bertz CT molecular complexity index is 830. The molecule has 8 heteroatoms. The molecule has 1 atom stereocenters. The van der Waals surface area contributed by atoms with Gasteiger partial charge in [0.05, 0.1) is 17.2 Å². The molecule has 1 aliphatic rings. The fourth-order valence-corrected chi connectivity index (χ4v) is 3.38. The lowest BCUT2D eigenvalue weighted by Crippen LogP contribution is -2.36. The predicted octanol–water partition coefficient (Wildman–Crippen LogP) is 3.18. The number of anilines is 1. The second-order valence-electron chi connectivity index (χ2n) is 6.38. The van der Waals surface area contributed by atoms with Gasteiger partial charge in [0.1, 0.15) is 0 Å². The monoisotopic (exact) mass is 343 g/mol. The summed E-state index contributed by atoms with van der Waals surface area (Å²) >= 11 is 0. The van der Waals surface area contributed by atoms with Gasteiger partial charge in [-0.3, -0.25) is 14.8 Å². The van der Waals surface area contributed by atoms with Gasteiger partial charge >= 0.3 is 6.03 Å². The Hall–Kier alpha value is -2.90. The molecule has 1 aliphatic carbocycles. The molecule has 0 aliphatic heterocycles. The van der Waals surface area contributed by atoms with Crippen molar-refractivity contribution in [1.29, 1.82) is 0 Å². The van der Waals surface area contributed by atoms with Crippen LogP contribution >= 0.6 is 0 Å². The normalized spacial score (nSPS) is 16.2. The highest BCUT2D eigenvalue weighted by Gasteiger charge is 2.29. The number of aromatic nitrogens is 2. The molecule has 3 rings (SSSR count). The molecule has 0 saturated carbocycles. The average molecular weight is 343 g/mol. The molecule has 0 fully saturated rings. The van der Waals surface area contributed by atoms with E-state index in [-0.39, 0.29) is 17.8 Å². The van der Waals surface area contributed by atoms with Crippen LogP contribution in [0.15, 0.2) is 24.4 Å². The summed E-state index contributed by atoms with van der Waals surface area (Å²) in [6.45, 7) is 1.65. The number of hydrogen-bond donors (Lipinski definition) is 1. The van der Waals surface area contributed by atoms with Crippen molar-refractivity contribution in [1.82, 2.24) is 14.7 Å². The van der Waals surface area contributed by atoms with Gasteiger partial charge in [-0.15, -0.1) is 0 Å². The van der Waals surface area contributed by atoms with Gasteiger partial charge in [-0.1, -0.05) is 0 Å². The van der Waals surface area contributed by atoms with Crippen LogP contribution in [0.25, 0.3) is 0 Å². The third-order valence-electron chi connectivity index (χ3n) is 4.78. The van der Waals surface area contributed by atoms with Crippen LogP contribution in [-0.2, 0) is 13.5 Å². The molecular weight excluding hydrogens is 322 g/mol. The minimum absolute atomic E-state index is 0.0170. The van der Waals surface area contributed by atoms with Crippen LogP contribution in [0.2, 0.25) is 0 Å². The molecule has 132 valence electrons. The van der Waals surface area contributed by atoms with Crippen LogP contribution < -0.4 is 5.32 Å². The first-order valence-electron chi connectivity index (χ1n) is 8.18. The molecule has 25 heavy (non-hydrogen) atoms. The smallest absolute Gasteiger partial charge is 0.320 e. The van der Waals surface area contributed by atoms with Crippen molar-refractivity contribution in [3.8, 4) is 0 Å². The molecule has 0 radical (unpaired) electrons. The van der Waals surface area contributed by atoms with Crippen LogP contribution in [0, 0.1) is 17.0 Å². The first-order valence-corrected chi connectivity index (χ1v) is 8.18. The van der Waals surface area contributed by atoms with Gasteiger partial charge in [0, 0.05) is 42.7 Å². The molecule has 0 bridgehead atoms. The highest BCUT2D eigenvalue weighted by Crippen LogP contribution is 2.33. The van der Waals surface area contributed by atoms with E-state index in [1.807, 2.05) is 17.9 Å². The Labute approximate surface area is 145 Å². The maximum atomic E-state index is 12.6. The van der Waals surface area contributed by atoms with Crippen LogP contribution in [0.1, 0.15) is 35.7 Å². The number of nitrogens with zero attached hydrogens (tertiary/aromatic N) is 4. The van der Waals surface area contributed by atoms with E-state index in [1.165, 1.54) is 11.8 Å². The van der Waals surface area contributed by atoms with E-state index in [0.717, 1.165) is 24.8 Å². The molecule has 1 heterocycles. The fourth-order valence-electron chi connectivity index (χ4n) is 3.38. The van der Waals surface area contributed by atoms with Crippen molar-refractivity contribution >= 4 is 17.4 Å². The summed E-state index contributed by atoms with van der Waals surface area (Å²) < 4.78 is 1.87. The minimum Gasteiger partial charge on any atom is -0.320 e. The van der Waals surface area contributed by atoms with Gasteiger partial charge in [-0.2, -0.15) is 5.10 Å². The Morgan fingerprint density at radius 1 is 1.48 bits per heavy atom.